The molecule has 0 aliphatic heterocycles. The summed E-state index contributed by atoms with van der Waals surface area (Å²) in [6.45, 7) is 0.173. The molecule has 0 aliphatic carbocycles. The molecule has 0 bridgehead atoms. The van der Waals surface area contributed by atoms with E-state index >= 15 is 0 Å². The van der Waals surface area contributed by atoms with Crippen LogP contribution in [-0.4, -0.2) is 23.2 Å². The Morgan fingerprint density at radius 1 is 1.26 bits per heavy atom. The molecule has 0 radical (unpaired) electrons. The lowest BCUT2D eigenvalue weighted by molar-refractivity contribution is 0.579. The quantitative estimate of drug-likeness (QED) is 0.698. The molecule has 120 valence electrons. The number of aryl methyl sites for hydroxylation is 1. The number of rotatable bonds is 5. The number of nitrogens with one attached hydrogen (secondary N) is 1. The first-order valence-corrected chi connectivity index (χ1v) is 9.73. The summed E-state index contributed by atoms with van der Waals surface area (Å²) in [7, 11) is -1.73. The van der Waals surface area contributed by atoms with Gasteiger partial charge in [-0.05, 0) is 46.3 Å². The third-order valence-corrected chi connectivity index (χ3v) is 6.73. The van der Waals surface area contributed by atoms with Gasteiger partial charge in [0.1, 0.15) is 4.21 Å². The minimum absolute atomic E-state index is 0.173. The van der Waals surface area contributed by atoms with E-state index in [9.17, 15) is 8.42 Å². The first-order chi connectivity index (χ1) is 11.0. The minimum Gasteiger partial charge on any atom is -0.271 e. The lowest BCUT2D eigenvalue weighted by atomic mass is 10.2. The van der Waals surface area contributed by atoms with Crippen molar-refractivity contribution < 1.29 is 8.42 Å². The van der Waals surface area contributed by atoms with E-state index in [1.165, 1.54) is 11.3 Å². The highest BCUT2D eigenvalue weighted by molar-refractivity contribution is 9.11. The van der Waals surface area contributed by atoms with E-state index in [0.29, 0.717) is 0 Å². The first-order valence-electron chi connectivity index (χ1n) is 6.64. The number of nitrogens with zero attached hydrogens (tertiary/aromatic N) is 3. The Morgan fingerprint density at radius 2 is 2.00 bits per heavy atom. The largest absolute Gasteiger partial charge is 0.271 e. The Bertz CT molecular complexity index is 919. The lowest BCUT2D eigenvalue weighted by Crippen LogP contribution is -2.23. The monoisotopic (exact) mass is 412 g/mol. The predicted octanol–water partition coefficient (Wildman–Crippen LogP) is 2.78. The second-order valence-corrected chi connectivity index (χ2v) is 9.22. The van der Waals surface area contributed by atoms with Crippen LogP contribution in [0.4, 0.5) is 0 Å². The van der Waals surface area contributed by atoms with Crippen LogP contribution in [0.2, 0.25) is 0 Å². The van der Waals surface area contributed by atoms with E-state index in [-0.39, 0.29) is 10.8 Å². The SMILES string of the molecule is Cn1nc(-c2ccncc2)cc1CNS(=O)(=O)c1ccc(Br)s1. The van der Waals surface area contributed by atoms with Crippen LogP contribution in [0.15, 0.2) is 50.7 Å². The Labute approximate surface area is 146 Å². The summed E-state index contributed by atoms with van der Waals surface area (Å²) in [5.41, 5.74) is 2.49. The van der Waals surface area contributed by atoms with Crippen molar-refractivity contribution in [2.45, 2.75) is 10.8 Å². The number of pyridine rings is 1. The maximum absolute atomic E-state index is 12.2. The van der Waals surface area contributed by atoms with Crippen LogP contribution in [0.1, 0.15) is 5.69 Å². The van der Waals surface area contributed by atoms with E-state index < -0.39 is 10.0 Å². The molecule has 6 nitrogen and oxygen atoms in total. The molecule has 3 aromatic heterocycles. The van der Waals surface area contributed by atoms with Crippen LogP contribution in [-0.2, 0) is 23.6 Å². The average molecular weight is 413 g/mol. The van der Waals surface area contributed by atoms with Crippen molar-refractivity contribution in [3.8, 4) is 11.3 Å². The smallest absolute Gasteiger partial charge is 0.250 e. The molecule has 0 aliphatic rings. The van der Waals surface area contributed by atoms with Crippen molar-refractivity contribution in [1.29, 1.82) is 0 Å². The fourth-order valence-corrected chi connectivity index (χ4v) is 5.07. The molecule has 0 spiro atoms. The lowest BCUT2D eigenvalue weighted by Gasteiger charge is -2.04. The van der Waals surface area contributed by atoms with E-state index in [1.54, 1.807) is 36.3 Å². The molecule has 0 unspecified atom stereocenters. The Kier molecular flexibility index (Phi) is 4.62. The standard InChI is InChI=1S/C14H13BrN4O2S2/c1-19-11(8-12(18-19)10-4-6-16-7-5-10)9-17-23(20,21)14-3-2-13(15)22-14/h2-8,17H,9H2,1H3. The highest BCUT2D eigenvalue weighted by Crippen LogP contribution is 2.26. The minimum atomic E-state index is -3.52. The number of thiophene rings is 1. The molecule has 0 fully saturated rings. The number of sulfonamides is 1. The van der Waals surface area contributed by atoms with E-state index in [0.717, 1.165) is 20.7 Å². The molecule has 3 heterocycles. The summed E-state index contributed by atoms with van der Waals surface area (Å²) < 4.78 is 29.8. The summed E-state index contributed by atoms with van der Waals surface area (Å²) in [6, 6.07) is 8.87. The van der Waals surface area contributed by atoms with Crippen LogP contribution < -0.4 is 4.72 Å². The van der Waals surface area contributed by atoms with Crippen molar-refractivity contribution >= 4 is 37.3 Å². The molecule has 3 aromatic rings. The van der Waals surface area contributed by atoms with Gasteiger partial charge >= 0.3 is 0 Å². The highest BCUT2D eigenvalue weighted by Gasteiger charge is 2.17. The van der Waals surface area contributed by atoms with Gasteiger partial charge in [-0.15, -0.1) is 11.3 Å². The Morgan fingerprint density at radius 3 is 2.65 bits per heavy atom. The van der Waals surface area contributed by atoms with Crippen LogP contribution >= 0.6 is 27.3 Å². The fourth-order valence-electron chi connectivity index (χ4n) is 2.02. The molecule has 0 atom stereocenters. The summed E-state index contributed by atoms with van der Waals surface area (Å²) in [4.78, 5) is 3.98. The van der Waals surface area contributed by atoms with Gasteiger partial charge in [0.25, 0.3) is 0 Å². The summed E-state index contributed by atoms with van der Waals surface area (Å²) in [5.74, 6) is 0. The average Bonchev–Trinajstić information content (AvgIpc) is 3.13. The summed E-state index contributed by atoms with van der Waals surface area (Å²) >= 11 is 4.44. The molecule has 0 aromatic carbocycles. The van der Waals surface area contributed by atoms with Crippen molar-refractivity contribution in [2.24, 2.45) is 7.05 Å². The number of hydrogen-bond donors (Lipinski definition) is 1. The van der Waals surface area contributed by atoms with Gasteiger partial charge in [0.05, 0.1) is 21.7 Å². The van der Waals surface area contributed by atoms with Crippen molar-refractivity contribution in [1.82, 2.24) is 19.5 Å². The van der Waals surface area contributed by atoms with Gasteiger partial charge in [-0.1, -0.05) is 0 Å². The number of aromatic nitrogens is 3. The molecule has 23 heavy (non-hydrogen) atoms. The zero-order valence-electron chi connectivity index (χ0n) is 12.1. The maximum Gasteiger partial charge on any atom is 0.250 e. The summed E-state index contributed by atoms with van der Waals surface area (Å²) in [5, 5.41) is 4.41. The Balaban J connectivity index is 1.78. The number of hydrogen-bond acceptors (Lipinski definition) is 5. The van der Waals surface area contributed by atoms with Gasteiger partial charge in [0.2, 0.25) is 10.0 Å². The van der Waals surface area contributed by atoms with Gasteiger partial charge in [0, 0.05) is 25.0 Å². The van der Waals surface area contributed by atoms with Gasteiger partial charge in [0.15, 0.2) is 0 Å². The third kappa shape index (κ3) is 3.69. The van der Waals surface area contributed by atoms with E-state index in [2.05, 4.69) is 30.7 Å². The zero-order valence-corrected chi connectivity index (χ0v) is 15.3. The molecule has 3 rings (SSSR count). The summed E-state index contributed by atoms with van der Waals surface area (Å²) in [6.07, 6.45) is 3.39. The van der Waals surface area contributed by atoms with Crippen molar-refractivity contribution in [3.63, 3.8) is 0 Å². The van der Waals surface area contributed by atoms with E-state index in [1.807, 2.05) is 18.2 Å². The van der Waals surface area contributed by atoms with Crippen molar-refractivity contribution in [2.75, 3.05) is 0 Å². The molecular weight excluding hydrogens is 400 g/mol. The molecular formula is C14H13BrN4O2S2. The topological polar surface area (TPSA) is 76.9 Å². The third-order valence-electron chi connectivity index (χ3n) is 3.21. The van der Waals surface area contributed by atoms with E-state index in [4.69, 9.17) is 0 Å². The van der Waals surface area contributed by atoms with Gasteiger partial charge in [-0.2, -0.15) is 5.10 Å². The first kappa shape index (κ1) is 16.3. The van der Waals surface area contributed by atoms with Crippen LogP contribution in [0.3, 0.4) is 0 Å². The zero-order chi connectivity index (χ0) is 16.4. The van der Waals surface area contributed by atoms with Gasteiger partial charge in [-0.25, -0.2) is 13.1 Å². The molecule has 9 heteroatoms. The highest BCUT2D eigenvalue weighted by atomic mass is 79.9. The van der Waals surface area contributed by atoms with Crippen LogP contribution in [0, 0.1) is 0 Å². The molecule has 1 N–H and O–H groups in total. The van der Waals surface area contributed by atoms with Crippen LogP contribution in [0.25, 0.3) is 11.3 Å². The Hall–Kier alpha value is -1.55. The van der Waals surface area contributed by atoms with Gasteiger partial charge in [-0.3, -0.25) is 9.67 Å². The normalized spacial score (nSPS) is 11.7. The molecule has 0 saturated carbocycles. The maximum atomic E-state index is 12.2. The fraction of sp³-hybridized carbons (Fsp3) is 0.143. The number of halogens is 1. The second kappa shape index (κ2) is 6.52. The van der Waals surface area contributed by atoms with Crippen molar-refractivity contribution in [3.05, 3.63) is 52.2 Å². The van der Waals surface area contributed by atoms with Gasteiger partial charge < -0.3 is 0 Å². The molecule has 0 saturated heterocycles. The second-order valence-electron chi connectivity index (χ2n) is 4.76. The van der Waals surface area contributed by atoms with Crippen LogP contribution in [0.5, 0.6) is 0 Å². The molecule has 0 amide bonds. The predicted molar refractivity (Wildman–Crippen MR) is 92.5 cm³/mol.